The van der Waals surface area contributed by atoms with E-state index >= 15 is 0 Å². The summed E-state index contributed by atoms with van der Waals surface area (Å²) in [5, 5.41) is 17.4. The van der Waals surface area contributed by atoms with Crippen LogP contribution < -0.4 is 10.6 Å². The summed E-state index contributed by atoms with van der Waals surface area (Å²) in [4.78, 5) is 25.8. The standard InChI is InChI=1S/C27H21N3O2S2/c1-18(31)29-21-13-8-14-22(15-21)34-25(20-11-6-3-7-12-20)26(32)30-27-23(16-28)24(17-33-27)19-9-4-2-5-10-19/h2-15,17,25H,1H3,(H,29,31)(H,30,32). The largest absolute Gasteiger partial charge is 0.326 e. The number of nitrogens with one attached hydrogen (secondary N) is 2. The average Bonchev–Trinajstić information content (AvgIpc) is 3.25. The molecule has 7 heteroatoms. The number of carbonyl (C=O) groups is 2. The van der Waals surface area contributed by atoms with Crippen molar-refractivity contribution in [1.29, 1.82) is 5.26 Å². The summed E-state index contributed by atoms with van der Waals surface area (Å²) >= 11 is 2.73. The van der Waals surface area contributed by atoms with Crippen molar-refractivity contribution >= 4 is 45.6 Å². The summed E-state index contributed by atoms with van der Waals surface area (Å²) in [6.07, 6.45) is 0. The second-order valence-electron chi connectivity index (χ2n) is 7.44. The second kappa shape index (κ2) is 10.8. The Hall–Kier alpha value is -3.86. The van der Waals surface area contributed by atoms with Gasteiger partial charge in [-0.2, -0.15) is 5.26 Å². The van der Waals surface area contributed by atoms with Gasteiger partial charge in [0, 0.05) is 28.5 Å². The predicted octanol–water partition coefficient (Wildman–Crippen LogP) is 6.72. The highest BCUT2D eigenvalue weighted by Gasteiger charge is 2.24. The summed E-state index contributed by atoms with van der Waals surface area (Å²) in [6.45, 7) is 1.46. The van der Waals surface area contributed by atoms with Crippen molar-refractivity contribution in [2.45, 2.75) is 17.1 Å². The van der Waals surface area contributed by atoms with E-state index in [9.17, 15) is 14.9 Å². The van der Waals surface area contributed by atoms with Gasteiger partial charge in [0.15, 0.2) is 0 Å². The first-order valence-electron chi connectivity index (χ1n) is 10.5. The Labute approximate surface area is 206 Å². The smallest absolute Gasteiger partial charge is 0.243 e. The molecule has 2 amide bonds. The maximum Gasteiger partial charge on any atom is 0.243 e. The predicted molar refractivity (Wildman–Crippen MR) is 139 cm³/mol. The topological polar surface area (TPSA) is 82.0 Å². The third-order valence-corrected chi connectivity index (χ3v) is 7.12. The SMILES string of the molecule is CC(=O)Nc1cccc(SC(C(=O)Nc2scc(-c3ccccc3)c2C#N)c2ccccc2)c1. The first kappa shape index (κ1) is 23.3. The van der Waals surface area contributed by atoms with Crippen LogP contribution in [0.15, 0.2) is 95.2 Å². The highest BCUT2D eigenvalue weighted by Crippen LogP contribution is 2.39. The molecule has 34 heavy (non-hydrogen) atoms. The van der Waals surface area contributed by atoms with Gasteiger partial charge in [0.05, 0.1) is 5.56 Å². The van der Waals surface area contributed by atoms with Gasteiger partial charge in [0.1, 0.15) is 16.3 Å². The molecule has 5 nitrogen and oxygen atoms in total. The minimum atomic E-state index is -0.553. The Bertz CT molecular complexity index is 1350. The molecule has 1 heterocycles. The van der Waals surface area contributed by atoms with Gasteiger partial charge in [-0.3, -0.25) is 9.59 Å². The maximum atomic E-state index is 13.5. The van der Waals surface area contributed by atoms with Gasteiger partial charge >= 0.3 is 0 Å². The molecule has 0 spiro atoms. The molecule has 2 N–H and O–H groups in total. The second-order valence-corrected chi connectivity index (χ2v) is 9.50. The zero-order chi connectivity index (χ0) is 23.9. The van der Waals surface area contributed by atoms with Crippen LogP contribution in [-0.2, 0) is 9.59 Å². The molecule has 4 rings (SSSR count). The van der Waals surface area contributed by atoms with Crippen LogP contribution in [0.25, 0.3) is 11.1 Å². The molecule has 1 unspecified atom stereocenters. The summed E-state index contributed by atoms with van der Waals surface area (Å²) < 4.78 is 0. The van der Waals surface area contributed by atoms with Crippen LogP contribution >= 0.6 is 23.1 Å². The highest BCUT2D eigenvalue weighted by atomic mass is 32.2. The number of rotatable bonds is 7. The van der Waals surface area contributed by atoms with E-state index in [1.54, 1.807) is 6.07 Å². The first-order chi connectivity index (χ1) is 16.5. The molecule has 168 valence electrons. The van der Waals surface area contributed by atoms with E-state index in [1.165, 1.54) is 30.0 Å². The Morgan fingerprint density at radius 3 is 2.32 bits per heavy atom. The van der Waals surface area contributed by atoms with Crippen molar-refractivity contribution in [3.05, 3.63) is 101 Å². The van der Waals surface area contributed by atoms with E-state index in [2.05, 4.69) is 16.7 Å². The Morgan fingerprint density at radius 1 is 0.941 bits per heavy atom. The summed E-state index contributed by atoms with van der Waals surface area (Å²) in [7, 11) is 0. The zero-order valence-electron chi connectivity index (χ0n) is 18.3. The lowest BCUT2D eigenvalue weighted by molar-refractivity contribution is -0.116. The molecule has 0 radical (unpaired) electrons. The van der Waals surface area contributed by atoms with E-state index in [-0.39, 0.29) is 11.8 Å². The lowest BCUT2D eigenvalue weighted by atomic mass is 10.1. The van der Waals surface area contributed by atoms with E-state index in [0.717, 1.165) is 21.6 Å². The number of nitrogens with zero attached hydrogens (tertiary/aromatic N) is 1. The van der Waals surface area contributed by atoms with E-state index in [1.807, 2.05) is 84.2 Å². The molecule has 4 aromatic rings. The van der Waals surface area contributed by atoms with Crippen LogP contribution in [0, 0.1) is 11.3 Å². The molecule has 0 bridgehead atoms. The number of thioether (sulfide) groups is 1. The van der Waals surface area contributed by atoms with E-state index < -0.39 is 5.25 Å². The number of hydrogen-bond donors (Lipinski definition) is 2. The minimum Gasteiger partial charge on any atom is -0.326 e. The Morgan fingerprint density at radius 2 is 1.65 bits per heavy atom. The monoisotopic (exact) mass is 483 g/mol. The van der Waals surface area contributed by atoms with E-state index in [0.29, 0.717) is 16.3 Å². The van der Waals surface area contributed by atoms with Crippen molar-refractivity contribution < 1.29 is 9.59 Å². The highest BCUT2D eigenvalue weighted by molar-refractivity contribution is 8.00. The van der Waals surface area contributed by atoms with Crippen LogP contribution in [0.2, 0.25) is 0 Å². The molecule has 0 aliphatic carbocycles. The van der Waals surface area contributed by atoms with E-state index in [4.69, 9.17) is 0 Å². The maximum absolute atomic E-state index is 13.5. The summed E-state index contributed by atoms with van der Waals surface area (Å²) in [6, 6.07) is 28.8. The van der Waals surface area contributed by atoms with Crippen LogP contribution in [0.4, 0.5) is 10.7 Å². The van der Waals surface area contributed by atoms with Crippen LogP contribution in [0.1, 0.15) is 23.3 Å². The molecule has 1 aromatic heterocycles. The minimum absolute atomic E-state index is 0.157. The first-order valence-corrected chi connectivity index (χ1v) is 12.3. The quantitative estimate of drug-likeness (QED) is 0.286. The number of hydrogen-bond acceptors (Lipinski definition) is 5. The fourth-order valence-corrected chi connectivity index (χ4v) is 5.46. The summed E-state index contributed by atoms with van der Waals surface area (Å²) in [5.74, 6) is -0.380. The third-order valence-electron chi connectivity index (χ3n) is 4.97. The number of nitriles is 1. The van der Waals surface area contributed by atoms with Crippen molar-refractivity contribution in [3.63, 3.8) is 0 Å². The molecular formula is C27H21N3O2S2. The molecule has 3 aromatic carbocycles. The Kier molecular flexibility index (Phi) is 7.43. The molecule has 0 saturated carbocycles. The molecule has 0 aliphatic heterocycles. The summed E-state index contributed by atoms with van der Waals surface area (Å²) in [5.41, 5.74) is 3.69. The normalized spacial score (nSPS) is 11.3. The van der Waals surface area contributed by atoms with Crippen molar-refractivity contribution in [3.8, 4) is 17.2 Å². The molecule has 0 aliphatic rings. The molecule has 1 atom stereocenters. The molecular weight excluding hydrogens is 462 g/mol. The third kappa shape index (κ3) is 5.54. The number of thiophene rings is 1. The van der Waals surface area contributed by atoms with Gasteiger partial charge in [-0.05, 0) is 29.3 Å². The van der Waals surface area contributed by atoms with Crippen molar-refractivity contribution in [1.82, 2.24) is 0 Å². The average molecular weight is 484 g/mol. The van der Waals surface area contributed by atoms with Crippen LogP contribution in [-0.4, -0.2) is 11.8 Å². The van der Waals surface area contributed by atoms with Crippen molar-refractivity contribution in [2.24, 2.45) is 0 Å². The fraction of sp³-hybridized carbons (Fsp3) is 0.0741. The lowest BCUT2D eigenvalue weighted by Crippen LogP contribution is -2.19. The fourth-order valence-electron chi connectivity index (χ4n) is 3.46. The van der Waals surface area contributed by atoms with Crippen LogP contribution in [0.3, 0.4) is 0 Å². The van der Waals surface area contributed by atoms with Gasteiger partial charge in [0.2, 0.25) is 11.8 Å². The van der Waals surface area contributed by atoms with Crippen LogP contribution in [0.5, 0.6) is 0 Å². The van der Waals surface area contributed by atoms with Crippen molar-refractivity contribution in [2.75, 3.05) is 10.6 Å². The number of anilines is 2. The lowest BCUT2D eigenvalue weighted by Gasteiger charge is -2.17. The van der Waals surface area contributed by atoms with Gasteiger partial charge < -0.3 is 10.6 Å². The molecule has 0 saturated heterocycles. The number of amides is 2. The number of benzene rings is 3. The zero-order valence-corrected chi connectivity index (χ0v) is 20.0. The molecule has 0 fully saturated rings. The van der Waals surface area contributed by atoms with Gasteiger partial charge in [-0.15, -0.1) is 23.1 Å². The van der Waals surface area contributed by atoms with Gasteiger partial charge in [-0.25, -0.2) is 0 Å². The number of carbonyl (C=O) groups excluding carboxylic acids is 2. The Balaban J connectivity index is 1.62. The van der Waals surface area contributed by atoms with Gasteiger partial charge in [0.25, 0.3) is 0 Å². The van der Waals surface area contributed by atoms with Gasteiger partial charge in [-0.1, -0.05) is 66.7 Å².